The number of aromatic amines is 1. The molecule has 14 amide bonds. The molecule has 0 saturated carbocycles. The first-order chi connectivity index (χ1) is 58.8. The molecule has 13 atom stereocenters. The van der Waals surface area contributed by atoms with E-state index in [1.165, 1.54) is 24.3 Å². The van der Waals surface area contributed by atoms with Gasteiger partial charge in [0.1, 0.15) is 78.3 Å². The van der Waals surface area contributed by atoms with Crippen molar-refractivity contribution < 1.29 is 131 Å². The number of hydrogen-bond acceptors (Lipinski definition) is 26. The number of carbonyl (C=O) groups is 20. The van der Waals surface area contributed by atoms with Gasteiger partial charge in [0.25, 0.3) is 5.91 Å². The second kappa shape index (κ2) is 48.5. The third-order valence-corrected chi connectivity index (χ3v) is 20.0. The first-order valence-electron chi connectivity index (χ1n) is 39.1. The van der Waals surface area contributed by atoms with Crippen LogP contribution < -0.4 is 91.1 Å². The Labute approximate surface area is 711 Å². The fraction of sp³-hybridized carbons (Fsp3) is 0.443. The molecule has 2 aromatic heterocycles. The van der Waals surface area contributed by atoms with Crippen molar-refractivity contribution in [3.8, 4) is 16.9 Å². The van der Waals surface area contributed by atoms with Crippen LogP contribution in [0, 0.1) is 5.92 Å². The predicted molar refractivity (Wildman–Crippen MR) is 436 cm³/mol. The molecule has 45 heteroatoms. The lowest BCUT2D eigenvalue weighted by molar-refractivity contribution is -0.156. The van der Waals surface area contributed by atoms with Gasteiger partial charge >= 0.3 is 29.8 Å². The largest absolute Gasteiger partial charge is 0.494 e. The number of nitrogen functional groups attached to an aromatic ring is 1. The van der Waals surface area contributed by atoms with Crippen molar-refractivity contribution in [1.29, 1.82) is 0 Å². The molecule has 1 fully saturated rings. The number of carboxylic acids is 4. The van der Waals surface area contributed by atoms with Gasteiger partial charge in [-0.25, -0.2) is 4.79 Å². The number of ether oxygens (including phenoxy) is 2. The molecule has 44 nitrogen and oxygen atoms in total. The molecule has 5 aromatic rings. The van der Waals surface area contributed by atoms with Crippen LogP contribution in [-0.4, -0.2) is 254 Å². The number of primary amides is 1. The van der Waals surface area contributed by atoms with Gasteiger partial charge in [-0.3, -0.25) is 91.1 Å². The van der Waals surface area contributed by atoms with E-state index in [1.807, 2.05) is 16.0 Å². The molecule has 0 bridgehead atoms. The van der Waals surface area contributed by atoms with E-state index < -0.39 is 261 Å². The molecular formula is C79H101N17O27S. The Morgan fingerprint density at radius 1 is 0.581 bits per heavy atom. The predicted octanol–water partition coefficient (Wildman–Crippen LogP) is -3.76. The molecule has 0 aliphatic carbocycles. The molecule has 124 heavy (non-hydrogen) atoms. The van der Waals surface area contributed by atoms with Crippen molar-refractivity contribution in [2.45, 2.75) is 184 Å². The highest BCUT2D eigenvalue weighted by atomic mass is 32.1. The van der Waals surface area contributed by atoms with E-state index in [4.69, 9.17) is 26.7 Å². The van der Waals surface area contributed by atoms with Crippen molar-refractivity contribution in [2.75, 3.05) is 38.6 Å². The van der Waals surface area contributed by atoms with Crippen LogP contribution in [0.15, 0.2) is 90.4 Å². The zero-order chi connectivity index (χ0) is 91.6. The number of H-pyrrole nitrogens is 1. The number of ketones is 1. The summed E-state index contributed by atoms with van der Waals surface area (Å²) in [5.41, 5.74) is 19.4. The maximum atomic E-state index is 14.9. The van der Waals surface area contributed by atoms with Crippen LogP contribution in [0.4, 0.5) is 5.69 Å². The number of anilines is 1. The van der Waals surface area contributed by atoms with E-state index >= 15 is 0 Å². The van der Waals surface area contributed by atoms with Crippen molar-refractivity contribution in [1.82, 2.24) is 74.1 Å². The van der Waals surface area contributed by atoms with Crippen molar-refractivity contribution in [3.05, 3.63) is 106 Å². The number of rotatable bonds is 35. The van der Waals surface area contributed by atoms with Gasteiger partial charge in [0, 0.05) is 41.2 Å². The number of nitrogens with one attached hydrogen (secondary N) is 14. The summed E-state index contributed by atoms with van der Waals surface area (Å²) in [5.74, 6) is -29.6. The highest BCUT2D eigenvalue weighted by Crippen LogP contribution is 2.29. The van der Waals surface area contributed by atoms with E-state index in [-0.39, 0.29) is 35.5 Å². The molecule has 0 spiro atoms. The number of para-hydroxylation sites is 2. The Hall–Kier alpha value is -14.0. The van der Waals surface area contributed by atoms with Gasteiger partial charge < -0.3 is 126 Å². The molecular weight excluding hydrogens is 1650 g/mol. The summed E-state index contributed by atoms with van der Waals surface area (Å²) in [4.78, 5) is 279. The topological polar surface area (TPSA) is 711 Å². The van der Waals surface area contributed by atoms with Crippen LogP contribution in [0.2, 0.25) is 0 Å². The van der Waals surface area contributed by atoms with Crippen LogP contribution in [-0.2, 0) is 97.5 Å². The van der Waals surface area contributed by atoms with E-state index in [2.05, 4.69) is 65.1 Å². The lowest BCUT2D eigenvalue weighted by atomic mass is 9.96. The number of benzene rings is 3. The molecule has 0 radical (unpaired) electrons. The van der Waals surface area contributed by atoms with E-state index in [0.29, 0.717) is 39.9 Å². The Morgan fingerprint density at radius 3 is 1.78 bits per heavy atom. The summed E-state index contributed by atoms with van der Waals surface area (Å²) in [7, 11) is 0. The number of hydrogen-bond donors (Lipinski definition) is 22. The number of aliphatic hydroxyl groups excluding tert-OH is 1. The van der Waals surface area contributed by atoms with E-state index in [1.54, 1.807) is 66.2 Å². The number of carboxylic acid groups (broad SMARTS) is 4. The summed E-state index contributed by atoms with van der Waals surface area (Å²) in [5, 5.41) is 80.6. The normalized spacial score (nSPS) is 20.5. The molecule has 1 aliphatic rings. The second-order valence-electron chi connectivity index (χ2n) is 28.9. The number of cyclic esters (lactones) is 1. The van der Waals surface area contributed by atoms with Gasteiger partial charge in [0.15, 0.2) is 5.78 Å². The molecule has 3 heterocycles. The minimum absolute atomic E-state index is 0.103. The third kappa shape index (κ3) is 31.2. The number of aliphatic hydroxyl groups is 1. The first-order valence-corrected chi connectivity index (χ1v) is 40.0. The molecule has 1 aliphatic heterocycles. The van der Waals surface area contributed by atoms with Crippen LogP contribution >= 0.6 is 11.3 Å². The molecule has 25 N–H and O–H groups in total. The summed E-state index contributed by atoms with van der Waals surface area (Å²) in [6, 6.07) is -2.22. The lowest BCUT2D eigenvalue weighted by Crippen LogP contribution is -2.62. The highest BCUT2D eigenvalue weighted by molar-refractivity contribution is 7.12. The van der Waals surface area contributed by atoms with Gasteiger partial charge in [-0.2, -0.15) is 0 Å². The number of unbranched alkanes of at least 4 members (excludes halogenated alkanes) is 3. The number of esters is 1. The monoisotopic (exact) mass is 1750 g/mol. The van der Waals surface area contributed by atoms with Crippen molar-refractivity contribution in [3.63, 3.8) is 0 Å². The number of amides is 14. The van der Waals surface area contributed by atoms with Crippen LogP contribution in [0.1, 0.15) is 130 Å². The minimum atomic E-state index is -2.47. The smallest absolute Gasteiger partial charge is 0.329 e. The van der Waals surface area contributed by atoms with Gasteiger partial charge in [0.2, 0.25) is 76.8 Å². The Morgan fingerprint density at radius 2 is 1.16 bits per heavy atom. The SMILES string of the molecule is CCCCCCOc1ccc(-c2csc(C(=O)N[C@@H](Cc3c[nH]c4ccccc34)C(=O)N[C@@H](CC(N)=O)C(=O)N[C@@H](CC(=O)O)C(=O)N[C@@H]3C(=O)NCC(=O)N[C@@H](CCCN)C(=O)N[C@H](CC(=O)O)C(=O)N[C@H](C)C(=O)N[C@@H](CC(=O)O)C(=O)NCC(=O)N[C@H](CO)C(=O)N[C@@H]([C@@H](C)CC(=O)O)C(=O)N[C@@H](CC(=O)c4ccccc4N)C(=O)O[C@@H]3C)c2)cc1. The Bertz CT molecular complexity index is 4750. The zero-order valence-corrected chi connectivity index (χ0v) is 68.6. The molecule has 3 aromatic carbocycles. The molecule has 0 unspecified atom stereocenters. The second-order valence-corrected chi connectivity index (χ2v) is 29.8. The number of fused-ring (bicyclic) bond motifs is 1. The summed E-state index contributed by atoms with van der Waals surface area (Å²) >= 11 is 1.03. The van der Waals surface area contributed by atoms with Crippen LogP contribution in [0.5, 0.6) is 5.75 Å². The summed E-state index contributed by atoms with van der Waals surface area (Å²) in [6.07, 6.45) is -4.53. The summed E-state index contributed by atoms with van der Waals surface area (Å²) < 4.78 is 11.6. The number of nitrogens with two attached hydrogens (primary N) is 3. The third-order valence-electron chi connectivity index (χ3n) is 19.1. The quantitative estimate of drug-likeness (QED) is 0.00802. The Balaban J connectivity index is 1.39. The molecule has 1 saturated heterocycles. The van der Waals surface area contributed by atoms with Gasteiger partial charge in [0.05, 0.1) is 63.3 Å². The molecule has 6 rings (SSSR count). The fourth-order valence-corrected chi connectivity index (χ4v) is 13.3. The summed E-state index contributed by atoms with van der Waals surface area (Å²) in [6.45, 7) is 1.62. The number of thiophene rings is 1. The van der Waals surface area contributed by atoms with Crippen molar-refractivity contribution in [2.24, 2.45) is 17.4 Å². The van der Waals surface area contributed by atoms with E-state index in [0.717, 1.165) is 57.8 Å². The van der Waals surface area contributed by atoms with Crippen molar-refractivity contribution >= 4 is 146 Å². The minimum Gasteiger partial charge on any atom is -0.494 e. The van der Waals surface area contributed by atoms with Crippen LogP contribution in [0.25, 0.3) is 22.0 Å². The number of aliphatic carboxylic acids is 4. The lowest BCUT2D eigenvalue weighted by Gasteiger charge is -2.30. The average Bonchev–Trinajstić information content (AvgIpc) is 1.68. The highest BCUT2D eigenvalue weighted by Gasteiger charge is 2.41. The number of Topliss-reactive ketones (excluding diaryl/α,β-unsaturated/α-hetero) is 1. The van der Waals surface area contributed by atoms with Gasteiger partial charge in [-0.15, -0.1) is 11.3 Å². The van der Waals surface area contributed by atoms with E-state index in [9.17, 15) is 121 Å². The maximum Gasteiger partial charge on any atom is 0.329 e. The maximum absolute atomic E-state index is 14.9. The zero-order valence-electron chi connectivity index (χ0n) is 67.8. The number of aromatic nitrogens is 1. The fourth-order valence-electron chi connectivity index (χ4n) is 12.5. The van der Waals surface area contributed by atoms with Gasteiger partial charge in [-0.1, -0.05) is 75.6 Å². The first kappa shape index (κ1) is 98.8. The number of carbonyl (C=O) groups excluding carboxylic acids is 16. The standard InChI is InChI=1S/C79H101N17O27S/c1-5-6-7-12-24-122-44-21-19-41(20-22-44)43-27-58(124-37-43)76(118)93-50(26-42-33-83-48-17-11-9-14-45(42)48)72(114)90-51(29-59(82)99)73(115)92-54(32-65(108)109)74(116)96-67-40(4)123-79(121)55(28-57(98)46-15-8-10-16-47(46)81)94-78(120)66(38(2)25-62(102)103)95-75(117)56(36-97)88-61(101)34-84-69(111)52(30-63(104)105)89-68(110)39(3)86-71(113)53(31-64(106)107)91-70(112)49(18-13-23-80)87-60(100)35-85-77(67)119/h8-11,14-17,19-22,27,33,37-40,49-56,66-67,83,97H,5-7,12-13,18,23-26,28-32,34-36,80-81H2,1-4H3,(H2,82,99)(H,84,111)(H,85,119)(H,86,113)(H,87,100)(H,88,101)(H,89,110)(H,90,114)(H,91,112)(H,92,115)(H,93,118)(H,94,120)(H,95,117)(H,96,116)(H,102,103)(H,104,105)(H,106,107)(H,108,109)/t38-,39+,40+,49-,50-,51-,52-,53+,54-,55-,56+,66-,67-/m0/s1. The molecule has 670 valence electrons. The van der Waals surface area contributed by atoms with Crippen LogP contribution in [0.3, 0.4) is 0 Å². The average molecular weight is 1750 g/mol. The Kier molecular flexibility index (Phi) is 38.6. The van der Waals surface area contributed by atoms with Gasteiger partial charge in [-0.05, 0) is 104 Å².